The molecule has 0 aliphatic carbocycles. The molecule has 0 spiro atoms. The number of hydrogen-bond donors (Lipinski definition) is 3. The summed E-state index contributed by atoms with van der Waals surface area (Å²) < 4.78 is 28.3. The first-order chi connectivity index (χ1) is 13.7. The van der Waals surface area contributed by atoms with Crippen molar-refractivity contribution in [2.75, 3.05) is 15.4 Å². The Kier molecular flexibility index (Phi) is 6.20. The van der Waals surface area contributed by atoms with E-state index in [-0.39, 0.29) is 4.90 Å². The molecule has 3 rings (SSSR count). The number of rotatable bonds is 5. The molecule has 7 heteroatoms. The predicted molar refractivity (Wildman–Crippen MR) is 124 cm³/mol. The lowest BCUT2D eigenvalue weighted by molar-refractivity contribution is 0.600. The van der Waals surface area contributed by atoms with E-state index in [2.05, 4.69) is 15.4 Å². The molecule has 0 saturated heterocycles. The summed E-state index contributed by atoms with van der Waals surface area (Å²) in [5.74, 6) is 0. The molecule has 0 heterocycles. The Hall–Kier alpha value is -2.90. The second-order valence-electron chi connectivity index (χ2n) is 6.83. The summed E-state index contributed by atoms with van der Waals surface area (Å²) in [5.41, 5.74) is 4.98. The van der Waals surface area contributed by atoms with Crippen LogP contribution >= 0.6 is 12.2 Å². The summed E-state index contributed by atoms with van der Waals surface area (Å²) in [5, 5.41) is 6.57. The Morgan fingerprint density at radius 1 is 0.724 bits per heavy atom. The van der Waals surface area contributed by atoms with E-state index in [1.54, 1.807) is 49.4 Å². The van der Waals surface area contributed by atoms with Crippen LogP contribution in [0, 0.1) is 20.8 Å². The lowest BCUT2D eigenvalue weighted by Gasteiger charge is -2.15. The molecule has 0 amide bonds. The largest absolute Gasteiger partial charge is 0.332 e. The number of hydrogen-bond acceptors (Lipinski definition) is 3. The van der Waals surface area contributed by atoms with Gasteiger partial charge in [-0.1, -0.05) is 30.3 Å². The maximum atomic E-state index is 12.8. The van der Waals surface area contributed by atoms with Crippen LogP contribution in [0.3, 0.4) is 0 Å². The fourth-order valence-electron chi connectivity index (χ4n) is 2.80. The van der Waals surface area contributed by atoms with Gasteiger partial charge in [-0.2, -0.15) is 0 Å². The molecule has 29 heavy (non-hydrogen) atoms. The normalized spacial score (nSPS) is 11.0. The van der Waals surface area contributed by atoms with E-state index in [1.165, 1.54) is 5.56 Å². The summed E-state index contributed by atoms with van der Waals surface area (Å²) in [7, 11) is -3.73. The van der Waals surface area contributed by atoms with E-state index in [9.17, 15) is 8.42 Å². The maximum Gasteiger partial charge on any atom is 0.262 e. The van der Waals surface area contributed by atoms with Gasteiger partial charge in [-0.05, 0) is 86.1 Å². The zero-order chi connectivity index (χ0) is 21.0. The highest BCUT2D eigenvalue weighted by Crippen LogP contribution is 2.23. The molecule has 0 bridgehead atoms. The lowest BCUT2D eigenvalue weighted by atomic mass is 10.1. The van der Waals surface area contributed by atoms with Gasteiger partial charge in [0.1, 0.15) is 0 Å². The third-order valence-electron chi connectivity index (χ3n) is 4.53. The summed E-state index contributed by atoms with van der Waals surface area (Å²) in [6.45, 7) is 5.84. The molecule has 5 nitrogen and oxygen atoms in total. The van der Waals surface area contributed by atoms with Gasteiger partial charge in [0.25, 0.3) is 10.0 Å². The highest BCUT2D eigenvalue weighted by atomic mass is 32.2. The quantitative estimate of drug-likeness (QED) is 0.489. The molecule has 0 radical (unpaired) electrons. The Morgan fingerprint density at radius 2 is 1.31 bits per heavy atom. The zero-order valence-electron chi connectivity index (χ0n) is 16.5. The highest BCUT2D eigenvalue weighted by Gasteiger charge is 2.18. The van der Waals surface area contributed by atoms with Crippen LogP contribution in [0.2, 0.25) is 0 Å². The summed E-state index contributed by atoms with van der Waals surface area (Å²) >= 11 is 5.38. The molecule has 0 aromatic heterocycles. The molecule has 3 N–H and O–H groups in total. The van der Waals surface area contributed by atoms with Crippen molar-refractivity contribution in [1.29, 1.82) is 0 Å². The Bertz CT molecular complexity index is 1140. The van der Waals surface area contributed by atoms with Crippen molar-refractivity contribution in [1.82, 2.24) is 0 Å². The first-order valence-corrected chi connectivity index (χ1v) is 11.0. The molecule has 0 saturated carbocycles. The Labute approximate surface area is 177 Å². The maximum absolute atomic E-state index is 12.8. The van der Waals surface area contributed by atoms with Crippen LogP contribution in [-0.4, -0.2) is 13.5 Å². The van der Waals surface area contributed by atoms with E-state index in [4.69, 9.17) is 12.2 Å². The molecule has 0 atom stereocenters. The van der Waals surface area contributed by atoms with Crippen LogP contribution in [0.25, 0.3) is 0 Å². The van der Waals surface area contributed by atoms with Gasteiger partial charge in [0.05, 0.1) is 4.90 Å². The minimum atomic E-state index is -3.73. The van der Waals surface area contributed by atoms with Gasteiger partial charge in [-0.15, -0.1) is 0 Å². The van der Waals surface area contributed by atoms with E-state index < -0.39 is 10.0 Å². The topological polar surface area (TPSA) is 70.2 Å². The van der Waals surface area contributed by atoms with Gasteiger partial charge in [-0.25, -0.2) is 8.42 Å². The molecule has 3 aromatic carbocycles. The Balaban J connectivity index is 1.77. The molecule has 150 valence electrons. The standard InChI is InChI=1S/C22H23N3O2S2/c1-15-9-11-19(13-17(15)3)23-22(28)24-20-12-10-16(2)21(14-20)29(26,27)25-18-7-5-4-6-8-18/h4-14,25H,1-3H3,(H2,23,24,28). The van der Waals surface area contributed by atoms with Gasteiger partial charge in [0.15, 0.2) is 5.11 Å². The van der Waals surface area contributed by atoms with Crippen molar-refractivity contribution >= 4 is 44.4 Å². The molecule has 0 aliphatic rings. The second kappa shape index (κ2) is 8.63. The average Bonchev–Trinajstić information content (AvgIpc) is 2.66. The predicted octanol–water partition coefficient (Wildman–Crippen LogP) is 5.22. The van der Waals surface area contributed by atoms with Crippen molar-refractivity contribution in [3.63, 3.8) is 0 Å². The summed E-state index contributed by atoms with van der Waals surface area (Å²) in [6, 6.07) is 19.9. The van der Waals surface area contributed by atoms with Crippen molar-refractivity contribution in [2.24, 2.45) is 0 Å². The van der Waals surface area contributed by atoms with Crippen molar-refractivity contribution < 1.29 is 8.42 Å². The molecule has 0 aliphatic heterocycles. The first kappa shape index (κ1) is 20.8. The minimum absolute atomic E-state index is 0.195. The number of para-hydroxylation sites is 1. The van der Waals surface area contributed by atoms with Crippen molar-refractivity contribution in [2.45, 2.75) is 25.7 Å². The SMILES string of the molecule is Cc1ccc(NC(=S)Nc2ccc(C)c(S(=O)(=O)Nc3ccccc3)c2)cc1C. The first-order valence-electron chi connectivity index (χ1n) is 9.08. The monoisotopic (exact) mass is 425 g/mol. The van der Waals surface area contributed by atoms with Gasteiger partial charge < -0.3 is 10.6 Å². The Morgan fingerprint density at radius 3 is 1.93 bits per heavy atom. The van der Waals surface area contributed by atoms with E-state index in [1.807, 2.05) is 38.1 Å². The molecular weight excluding hydrogens is 402 g/mol. The van der Waals surface area contributed by atoms with Crippen LogP contribution in [0.5, 0.6) is 0 Å². The zero-order valence-corrected chi connectivity index (χ0v) is 18.1. The third-order valence-corrected chi connectivity index (χ3v) is 6.25. The number of benzene rings is 3. The van der Waals surface area contributed by atoms with Gasteiger partial charge in [0, 0.05) is 17.1 Å². The second-order valence-corrected chi connectivity index (χ2v) is 8.89. The van der Waals surface area contributed by atoms with Gasteiger partial charge in [0.2, 0.25) is 0 Å². The van der Waals surface area contributed by atoms with Crippen LogP contribution in [-0.2, 0) is 10.0 Å². The molecule has 3 aromatic rings. The van der Waals surface area contributed by atoms with E-state index >= 15 is 0 Å². The van der Waals surface area contributed by atoms with E-state index in [0.29, 0.717) is 22.1 Å². The van der Waals surface area contributed by atoms with Crippen molar-refractivity contribution in [3.05, 3.63) is 83.4 Å². The fourth-order valence-corrected chi connectivity index (χ4v) is 4.36. The number of aryl methyl sites for hydroxylation is 3. The molecule has 0 unspecified atom stereocenters. The lowest BCUT2D eigenvalue weighted by Crippen LogP contribution is -2.20. The van der Waals surface area contributed by atoms with Gasteiger partial charge in [-0.3, -0.25) is 4.72 Å². The smallest absolute Gasteiger partial charge is 0.262 e. The minimum Gasteiger partial charge on any atom is -0.332 e. The highest BCUT2D eigenvalue weighted by molar-refractivity contribution is 7.92. The number of thiocarbonyl (C=S) groups is 1. The summed E-state index contributed by atoms with van der Waals surface area (Å²) in [4.78, 5) is 0.195. The van der Waals surface area contributed by atoms with Crippen LogP contribution in [0.15, 0.2) is 71.6 Å². The van der Waals surface area contributed by atoms with E-state index in [0.717, 1.165) is 11.3 Å². The molecule has 0 fully saturated rings. The van der Waals surface area contributed by atoms with Crippen LogP contribution < -0.4 is 15.4 Å². The van der Waals surface area contributed by atoms with Crippen LogP contribution in [0.4, 0.5) is 17.1 Å². The van der Waals surface area contributed by atoms with Crippen LogP contribution in [0.1, 0.15) is 16.7 Å². The summed E-state index contributed by atoms with van der Waals surface area (Å²) in [6.07, 6.45) is 0. The molecular formula is C22H23N3O2S2. The number of anilines is 3. The van der Waals surface area contributed by atoms with Crippen molar-refractivity contribution in [3.8, 4) is 0 Å². The number of sulfonamides is 1. The third kappa shape index (κ3) is 5.34. The average molecular weight is 426 g/mol. The fraction of sp³-hybridized carbons (Fsp3) is 0.136. The van der Waals surface area contributed by atoms with Gasteiger partial charge >= 0.3 is 0 Å². The number of nitrogens with one attached hydrogen (secondary N) is 3.